The molecule has 4 aromatic carbocycles. The molecule has 0 aliphatic heterocycles. The first kappa shape index (κ1) is 18.5. The molecule has 0 amide bonds. The van der Waals surface area contributed by atoms with Gasteiger partial charge in [0.15, 0.2) is 0 Å². The molecule has 0 saturated carbocycles. The van der Waals surface area contributed by atoms with E-state index in [9.17, 15) is 5.11 Å². The van der Waals surface area contributed by atoms with Crippen molar-refractivity contribution in [1.82, 2.24) is 4.98 Å². The van der Waals surface area contributed by atoms with Crippen molar-refractivity contribution in [3.63, 3.8) is 0 Å². The van der Waals surface area contributed by atoms with Crippen molar-refractivity contribution in [3.8, 4) is 22.6 Å². The van der Waals surface area contributed by atoms with Gasteiger partial charge in [0.1, 0.15) is 11.5 Å². The Morgan fingerprint density at radius 2 is 1.53 bits per heavy atom. The Bertz CT molecular complexity index is 1380. The second-order valence-electron chi connectivity index (χ2n) is 7.01. The predicted molar refractivity (Wildman–Crippen MR) is 123 cm³/mol. The predicted octanol–water partition coefficient (Wildman–Crippen LogP) is 6.92. The number of hydrogen-bond donors (Lipinski definition) is 1. The van der Waals surface area contributed by atoms with E-state index >= 15 is 0 Å². The molecule has 1 heterocycles. The van der Waals surface area contributed by atoms with Gasteiger partial charge in [0.2, 0.25) is 0 Å². The van der Waals surface area contributed by atoms with Crippen molar-refractivity contribution in [1.29, 1.82) is 0 Å². The van der Waals surface area contributed by atoms with Crippen molar-refractivity contribution in [2.45, 2.75) is 9.79 Å². The highest BCUT2D eigenvalue weighted by Gasteiger charge is 2.17. The number of phenolic OH excluding ortho intramolecular Hbond substituents is 1. The SMILES string of the molecule is COc1cccc(Sc2c(O)c(-c3cncc4ccccc34)cc3ccccc23)c1. The number of nitrogens with zero attached hydrogens (tertiary/aromatic N) is 1. The molecule has 4 heteroatoms. The van der Waals surface area contributed by atoms with E-state index in [2.05, 4.69) is 17.1 Å². The van der Waals surface area contributed by atoms with Crippen LogP contribution in [-0.4, -0.2) is 17.2 Å². The first-order valence-electron chi connectivity index (χ1n) is 9.64. The first-order chi connectivity index (χ1) is 14.7. The third-order valence-corrected chi connectivity index (χ3v) is 6.30. The van der Waals surface area contributed by atoms with Crippen LogP contribution in [0, 0.1) is 0 Å². The molecule has 30 heavy (non-hydrogen) atoms. The minimum atomic E-state index is 0.264. The number of aromatic nitrogens is 1. The lowest BCUT2D eigenvalue weighted by Crippen LogP contribution is -1.89. The lowest BCUT2D eigenvalue weighted by molar-refractivity contribution is 0.413. The highest BCUT2D eigenvalue weighted by atomic mass is 32.2. The third-order valence-electron chi connectivity index (χ3n) is 5.19. The Labute approximate surface area is 179 Å². The van der Waals surface area contributed by atoms with Gasteiger partial charge in [-0.15, -0.1) is 0 Å². The molecular formula is C26H19NO2S. The number of fused-ring (bicyclic) bond motifs is 2. The van der Waals surface area contributed by atoms with Crippen molar-refractivity contribution >= 4 is 33.3 Å². The summed E-state index contributed by atoms with van der Waals surface area (Å²) in [7, 11) is 1.66. The summed E-state index contributed by atoms with van der Waals surface area (Å²) >= 11 is 1.54. The second kappa shape index (κ2) is 7.73. The maximum Gasteiger partial charge on any atom is 0.138 e. The minimum absolute atomic E-state index is 0.264. The zero-order valence-electron chi connectivity index (χ0n) is 16.4. The zero-order valence-corrected chi connectivity index (χ0v) is 17.2. The molecule has 0 unspecified atom stereocenters. The number of ether oxygens (including phenoxy) is 1. The molecule has 1 N–H and O–H groups in total. The van der Waals surface area contributed by atoms with E-state index in [1.54, 1.807) is 7.11 Å². The van der Waals surface area contributed by atoms with Crippen LogP contribution in [-0.2, 0) is 0 Å². The molecule has 5 aromatic rings. The monoisotopic (exact) mass is 409 g/mol. The van der Waals surface area contributed by atoms with Gasteiger partial charge >= 0.3 is 0 Å². The Kier molecular flexibility index (Phi) is 4.77. The van der Waals surface area contributed by atoms with Crippen molar-refractivity contribution in [3.05, 3.63) is 91.3 Å². The van der Waals surface area contributed by atoms with Gasteiger partial charge in [-0.2, -0.15) is 0 Å². The van der Waals surface area contributed by atoms with Crippen LogP contribution >= 0.6 is 11.8 Å². The van der Waals surface area contributed by atoms with Gasteiger partial charge in [0, 0.05) is 33.8 Å². The molecule has 0 spiro atoms. The average Bonchev–Trinajstić information content (AvgIpc) is 2.80. The topological polar surface area (TPSA) is 42.4 Å². The Morgan fingerprint density at radius 3 is 2.37 bits per heavy atom. The lowest BCUT2D eigenvalue weighted by atomic mass is 9.97. The van der Waals surface area contributed by atoms with E-state index in [0.29, 0.717) is 0 Å². The van der Waals surface area contributed by atoms with Gasteiger partial charge in [0.25, 0.3) is 0 Å². The fourth-order valence-electron chi connectivity index (χ4n) is 3.73. The molecule has 0 atom stereocenters. The number of rotatable bonds is 4. The second-order valence-corrected chi connectivity index (χ2v) is 8.10. The summed E-state index contributed by atoms with van der Waals surface area (Å²) in [6.07, 6.45) is 3.68. The molecule has 0 aliphatic carbocycles. The molecule has 1 aromatic heterocycles. The summed E-state index contributed by atoms with van der Waals surface area (Å²) < 4.78 is 5.37. The fraction of sp³-hybridized carbons (Fsp3) is 0.0385. The highest BCUT2D eigenvalue weighted by Crippen LogP contribution is 2.46. The van der Waals surface area contributed by atoms with E-state index in [-0.39, 0.29) is 5.75 Å². The molecular weight excluding hydrogens is 390 g/mol. The molecule has 146 valence electrons. The van der Waals surface area contributed by atoms with E-state index in [4.69, 9.17) is 4.74 Å². The van der Waals surface area contributed by atoms with Crippen molar-refractivity contribution < 1.29 is 9.84 Å². The van der Waals surface area contributed by atoms with Crippen LogP contribution in [0.1, 0.15) is 0 Å². The molecule has 5 rings (SSSR count). The van der Waals surface area contributed by atoms with Gasteiger partial charge in [0.05, 0.1) is 12.0 Å². The molecule has 0 saturated heterocycles. The van der Waals surface area contributed by atoms with Crippen LogP contribution in [0.25, 0.3) is 32.7 Å². The van der Waals surface area contributed by atoms with Crippen molar-refractivity contribution in [2.75, 3.05) is 7.11 Å². The van der Waals surface area contributed by atoms with Crippen LogP contribution in [0.5, 0.6) is 11.5 Å². The molecule has 0 bridgehead atoms. The van der Waals surface area contributed by atoms with Crippen molar-refractivity contribution in [2.24, 2.45) is 0 Å². The van der Waals surface area contributed by atoms with Gasteiger partial charge in [-0.05, 0) is 40.4 Å². The van der Waals surface area contributed by atoms with Gasteiger partial charge in [-0.25, -0.2) is 0 Å². The van der Waals surface area contributed by atoms with E-state index < -0.39 is 0 Å². The van der Waals surface area contributed by atoms with Gasteiger partial charge in [-0.1, -0.05) is 66.4 Å². The summed E-state index contributed by atoms with van der Waals surface area (Å²) in [6, 6.07) is 26.2. The van der Waals surface area contributed by atoms with Gasteiger partial charge in [-0.3, -0.25) is 4.98 Å². The quantitative estimate of drug-likeness (QED) is 0.350. The lowest BCUT2D eigenvalue weighted by Gasteiger charge is -2.15. The maximum absolute atomic E-state index is 11.4. The standard InChI is InChI=1S/C26H19NO2S/c1-29-19-9-6-10-20(14-19)30-26-22-12-5-2-7-17(22)13-23(25(26)28)24-16-27-15-18-8-3-4-11-21(18)24/h2-16,28H,1H3. The molecule has 3 nitrogen and oxygen atoms in total. The Hall–Kier alpha value is -3.50. The molecule has 0 aliphatic rings. The van der Waals surface area contributed by atoms with Crippen LogP contribution in [0.15, 0.2) is 101 Å². The normalized spacial score (nSPS) is 11.1. The zero-order chi connectivity index (χ0) is 20.5. The maximum atomic E-state index is 11.4. The molecule has 0 fully saturated rings. The number of benzene rings is 4. The Morgan fingerprint density at radius 1 is 0.767 bits per heavy atom. The van der Waals surface area contributed by atoms with Crippen LogP contribution < -0.4 is 4.74 Å². The number of pyridine rings is 1. The van der Waals surface area contributed by atoms with Crippen LogP contribution in [0.2, 0.25) is 0 Å². The van der Waals surface area contributed by atoms with E-state index in [1.165, 1.54) is 11.8 Å². The van der Waals surface area contributed by atoms with Crippen LogP contribution in [0.3, 0.4) is 0 Å². The molecule has 0 radical (unpaired) electrons. The third kappa shape index (κ3) is 3.25. The minimum Gasteiger partial charge on any atom is -0.506 e. The van der Waals surface area contributed by atoms with E-state index in [1.807, 2.05) is 79.1 Å². The largest absolute Gasteiger partial charge is 0.506 e. The fourth-order valence-corrected chi connectivity index (χ4v) is 4.79. The number of phenols is 1. The average molecular weight is 410 g/mol. The summed E-state index contributed by atoms with van der Waals surface area (Å²) in [5.74, 6) is 1.05. The summed E-state index contributed by atoms with van der Waals surface area (Å²) in [5.41, 5.74) is 1.70. The summed E-state index contributed by atoms with van der Waals surface area (Å²) in [4.78, 5) is 6.24. The van der Waals surface area contributed by atoms with E-state index in [0.717, 1.165) is 48.2 Å². The number of methoxy groups -OCH3 is 1. The number of hydrogen-bond acceptors (Lipinski definition) is 4. The first-order valence-corrected chi connectivity index (χ1v) is 10.5. The number of aromatic hydroxyl groups is 1. The smallest absolute Gasteiger partial charge is 0.138 e. The summed E-state index contributed by atoms with van der Waals surface area (Å²) in [5, 5.41) is 15.6. The Balaban J connectivity index is 1.75. The highest BCUT2D eigenvalue weighted by molar-refractivity contribution is 7.99. The van der Waals surface area contributed by atoms with Crippen LogP contribution in [0.4, 0.5) is 0 Å². The van der Waals surface area contributed by atoms with Gasteiger partial charge < -0.3 is 9.84 Å². The summed E-state index contributed by atoms with van der Waals surface area (Å²) in [6.45, 7) is 0.